The number of rotatable bonds is 3. The zero-order valence-corrected chi connectivity index (χ0v) is 13.0. The van der Waals surface area contributed by atoms with Crippen LogP contribution in [0, 0.1) is 23.7 Å². The number of nitriles is 1. The van der Waals surface area contributed by atoms with E-state index in [-0.39, 0.29) is 38.5 Å². The van der Waals surface area contributed by atoms with Crippen LogP contribution in [-0.4, -0.2) is 20.8 Å². The molecule has 1 rings (SSSR count). The number of benzene rings is 1. The van der Waals surface area contributed by atoms with Crippen LogP contribution in [0.5, 0.6) is 0 Å². The first kappa shape index (κ1) is 18.2. The Morgan fingerprint density at radius 2 is 2.05 bits per heavy atom. The maximum atomic E-state index is 12.7. The van der Waals surface area contributed by atoms with Crippen molar-refractivity contribution in [3.8, 4) is 6.07 Å². The zero-order chi connectivity index (χ0) is 17.1. The quantitative estimate of drug-likeness (QED) is 0.374. The van der Waals surface area contributed by atoms with Crippen LogP contribution >= 0.6 is 11.6 Å². The van der Waals surface area contributed by atoms with Crippen LogP contribution in [-0.2, 0) is 17.8 Å². The molecule has 0 aliphatic rings. The van der Waals surface area contributed by atoms with E-state index in [2.05, 4.69) is 4.99 Å². The Bertz CT molecular complexity index is 697. The molecule has 0 amide bonds. The highest BCUT2D eigenvalue weighted by Crippen LogP contribution is 2.37. The molecular weight excluding hydrogens is 339 g/mol. The average molecular weight is 349 g/mol. The summed E-state index contributed by atoms with van der Waals surface area (Å²) in [4.78, 5) is 3.93. The van der Waals surface area contributed by atoms with Gasteiger partial charge in [0.05, 0.1) is 16.3 Å². The third-order valence-corrected chi connectivity index (χ3v) is 3.59. The standard InChI is InChI=1S/C13H10ClF3N3OS/c1-6-3-8(13(15,16)17)4-9(14)11(6)20-7(2)12(22-21)10(19)5-18/h3-4,19,21H,1-2H3/q+1. The molecule has 0 unspecified atom stereocenters. The van der Waals surface area contributed by atoms with Gasteiger partial charge in [0, 0.05) is 0 Å². The van der Waals surface area contributed by atoms with Crippen LogP contribution in [0.2, 0.25) is 5.02 Å². The summed E-state index contributed by atoms with van der Waals surface area (Å²) >= 11 is 6.01. The first-order chi connectivity index (χ1) is 10.1. The highest BCUT2D eigenvalue weighted by atomic mass is 35.5. The molecule has 0 aliphatic heterocycles. The van der Waals surface area contributed by atoms with Crippen molar-refractivity contribution in [2.45, 2.75) is 20.0 Å². The molecule has 0 bridgehead atoms. The van der Waals surface area contributed by atoms with E-state index in [4.69, 9.17) is 26.8 Å². The van der Waals surface area contributed by atoms with E-state index in [1.165, 1.54) is 13.8 Å². The Morgan fingerprint density at radius 3 is 2.45 bits per heavy atom. The summed E-state index contributed by atoms with van der Waals surface area (Å²) < 4.78 is 47.1. The van der Waals surface area contributed by atoms with E-state index < -0.39 is 17.5 Å². The predicted molar refractivity (Wildman–Crippen MR) is 82.3 cm³/mol. The topological polar surface area (TPSA) is 80.2 Å². The molecule has 116 valence electrons. The first-order valence-electron chi connectivity index (χ1n) is 5.72. The van der Waals surface area contributed by atoms with Gasteiger partial charge in [0.15, 0.2) is 0 Å². The van der Waals surface area contributed by atoms with Gasteiger partial charge in [-0.15, -0.1) is 4.55 Å². The van der Waals surface area contributed by atoms with E-state index >= 15 is 0 Å². The molecule has 4 nitrogen and oxygen atoms in total. The van der Waals surface area contributed by atoms with Gasteiger partial charge in [-0.05, 0) is 31.5 Å². The van der Waals surface area contributed by atoms with Crippen molar-refractivity contribution in [3.63, 3.8) is 0 Å². The first-order valence-corrected chi connectivity index (χ1v) is 6.87. The van der Waals surface area contributed by atoms with Gasteiger partial charge >= 0.3 is 22.7 Å². The Hall–Kier alpha value is -1.82. The molecule has 1 aromatic carbocycles. The van der Waals surface area contributed by atoms with Gasteiger partial charge in [-0.2, -0.15) is 18.4 Å². The third-order valence-electron chi connectivity index (χ3n) is 2.62. The highest BCUT2D eigenvalue weighted by Gasteiger charge is 2.32. The molecule has 22 heavy (non-hydrogen) atoms. The molecule has 2 N–H and O–H groups in total. The molecule has 0 heterocycles. The average Bonchev–Trinajstić information content (AvgIpc) is 2.42. The summed E-state index contributed by atoms with van der Waals surface area (Å²) in [5.41, 5.74) is -1.02. The summed E-state index contributed by atoms with van der Waals surface area (Å²) in [6.07, 6.45) is -4.52. The van der Waals surface area contributed by atoms with E-state index in [1.54, 1.807) is 6.07 Å². The fourth-order valence-corrected chi connectivity index (χ4v) is 2.23. The molecule has 1 aromatic rings. The summed E-state index contributed by atoms with van der Waals surface area (Å²) in [5, 5.41) is 15.8. The van der Waals surface area contributed by atoms with E-state index in [0.717, 1.165) is 12.1 Å². The van der Waals surface area contributed by atoms with Crippen LogP contribution in [0.15, 0.2) is 17.1 Å². The van der Waals surface area contributed by atoms with Crippen LogP contribution in [0.3, 0.4) is 0 Å². The number of alkyl halides is 3. The highest BCUT2D eigenvalue weighted by molar-refractivity contribution is 7.77. The van der Waals surface area contributed by atoms with Crippen LogP contribution in [0.1, 0.15) is 18.1 Å². The number of nitrogens with one attached hydrogen (secondary N) is 1. The maximum Gasteiger partial charge on any atom is 0.416 e. The van der Waals surface area contributed by atoms with Crippen molar-refractivity contribution in [2.24, 2.45) is 4.99 Å². The van der Waals surface area contributed by atoms with Crippen molar-refractivity contribution in [3.05, 3.63) is 28.3 Å². The number of hydrogen-bond donors (Lipinski definition) is 2. The molecule has 0 saturated carbocycles. The number of aliphatic imine (C=N–C) groups is 1. The molecule has 0 atom stereocenters. The van der Waals surface area contributed by atoms with Gasteiger partial charge in [-0.25, -0.2) is 4.99 Å². The SMILES string of the molecule is CC(=Nc1c(C)cc(C(F)(F)F)cc1Cl)C(=[S+]O)C(=N)C#N. The largest absolute Gasteiger partial charge is 0.416 e. The lowest BCUT2D eigenvalue weighted by Crippen LogP contribution is -2.21. The number of nitrogens with zero attached hydrogens (tertiary/aromatic N) is 2. The minimum atomic E-state index is -4.52. The summed E-state index contributed by atoms with van der Waals surface area (Å²) in [5.74, 6) is 0. The molecule has 0 saturated heterocycles. The Morgan fingerprint density at radius 1 is 1.45 bits per heavy atom. The van der Waals surface area contributed by atoms with Gasteiger partial charge in [0.2, 0.25) is 5.71 Å². The number of aryl methyl sites for hydroxylation is 1. The van der Waals surface area contributed by atoms with Crippen molar-refractivity contribution < 1.29 is 17.7 Å². The minimum absolute atomic E-state index is 0.0875. The second-order valence-corrected chi connectivity index (χ2v) is 5.22. The molecule has 0 fully saturated rings. The minimum Gasteiger partial charge on any atom is -0.285 e. The molecule has 0 aromatic heterocycles. The lowest BCUT2D eigenvalue weighted by Gasteiger charge is -2.11. The molecule has 0 aliphatic carbocycles. The second-order valence-electron chi connectivity index (χ2n) is 4.23. The molecule has 9 heteroatoms. The van der Waals surface area contributed by atoms with Crippen molar-refractivity contribution in [1.82, 2.24) is 0 Å². The van der Waals surface area contributed by atoms with Gasteiger partial charge < -0.3 is 0 Å². The third kappa shape index (κ3) is 4.10. The van der Waals surface area contributed by atoms with Gasteiger partial charge in [-0.1, -0.05) is 11.6 Å². The van der Waals surface area contributed by atoms with Crippen LogP contribution < -0.4 is 0 Å². The fourth-order valence-electron chi connectivity index (χ4n) is 1.60. The Balaban J connectivity index is 3.38. The van der Waals surface area contributed by atoms with Crippen LogP contribution in [0.25, 0.3) is 0 Å². The van der Waals surface area contributed by atoms with Crippen LogP contribution in [0.4, 0.5) is 18.9 Å². The predicted octanol–water partition coefficient (Wildman–Crippen LogP) is 4.03. The lowest BCUT2D eigenvalue weighted by molar-refractivity contribution is -0.137. The molecule has 0 radical (unpaired) electrons. The summed E-state index contributed by atoms with van der Waals surface area (Å²) in [7, 11) is 0. The number of halogens is 4. The lowest BCUT2D eigenvalue weighted by atomic mass is 10.1. The Kier molecular flexibility index (Phi) is 5.77. The van der Waals surface area contributed by atoms with Crippen molar-refractivity contribution >= 4 is 45.2 Å². The van der Waals surface area contributed by atoms with Crippen molar-refractivity contribution in [2.75, 3.05) is 0 Å². The van der Waals surface area contributed by atoms with E-state index in [0.29, 0.717) is 0 Å². The van der Waals surface area contributed by atoms with E-state index in [9.17, 15) is 13.2 Å². The summed E-state index contributed by atoms with van der Waals surface area (Å²) in [6, 6.07) is 3.20. The van der Waals surface area contributed by atoms with E-state index in [1.807, 2.05) is 0 Å². The monoisotopic (exact) mass is 348 g/mol. The fraction of sp³-hybridized carbons (Fsp3) is 0.231. The maximum absolute atomic E-state index is 12.7. The normalized spacial score (nSPS) is 13.0. The van der Waals surface area contributed by atoms with Crippen molar-refractivity contribution in [1.29, 1.82) is 10.7 Å². The number of hydrogen-bond acceptors (Lipinski definition) is 4. The zero-order valence-electron chi connectivity index (χ0n) is 11.4. The smallest absolute Gasteiger partial charge is 0.285 e. The molecule has 0 spiro atoms. The van der Waals surface area contributed by atoms with Gasteiger partial charge in [0.1, 0.15) is 11.8 Å². The van der Waals surface area contributed by atoms with Gasteiger partial charge in [0.25, 0.3) is 0 Å². The van der Waals surface area contributed by atoms with Gasteiger partial charge in [-0.3, -0.25) is 5.41 Å². The molecular formula is C13H10ClF3N3OS+. The summed E-state index contributed by atoms with van der Waals surface area (Å²) in [6.45, 7) is 2.83. The second kappa shape index (κ2) is 6.96. The Labute approximate surface area is 133 Å².